The Balaban J connectivity index is 2.15. The molecule has 0 atom stereocenters. The van der Waals surface area contributed by atoms with Gasteiger partial charge in [0.25, 0.3) is 0 Å². The molecule has 0 spiro atoms. The van der Waals surface area contributed by atoms with E-state index in [0.717, 1.165) is 23.8 Å². The fraction of sp³-hybridized carbons (Fsp3) is 0.333. The molecular weight excluding hydrogens is 222 g/mol. The van der Waals surface area contributed by atoms with E-state index in [2.05, 4.69) is 41.3 Å². The first-order valence-electron chi connectivity index (χ1n) is 6.28. The van der Waals surface area contributed by atoms with Gasteiger partial charge in [-0.15, -0.1) is 0 Å². The van der Waals surface area contributed by atoms with Crippen molar-refractivity contribution in [1.29, 1.82) is 0 Å². The van der Waals surface area contributed by atoms with Gasteiger partial charge < -0.3 is 5.32 Å². The fourth-order valence-corrected chi connectivity index (χ4v) is 1.83. The minimum absolute atomic E-state index is 0.420. The van der Waals surface area contributed by atoms with Crippen LogP contribution in [0.2, 0.25) is 0 Å². The molecule has 1 heterocycles. The minimum Gasteiger partial charge on any atom is -0.366 e. The van der Waals surface area contributed by atoms with E-state index in [9.17, 15) is 0 Å². The molecule has 0 aliphatic heterocycles. The molecule has 0 aliphatic rings. The summed E-state index contributed by atoms with van der Waals surface area (Å²) in [7, 11) is 0. The van der Waals surface area contributed by atoms with Gasteiger partial charge in [0.1, 0.15) is 11.6 Å². The van der Waals surface area contributed by atoms with Crippen LogP contribution in [0.5, 0.6) is 0 Å². The average molecular weight is 241 g/mol. The van der Waals surface area contributed by atoms with E-state index in [1.807, 2.05) is 31.3 Å². The number of anilines is 1. The van der Waals surface area contributed by atoms with E-state index in [-0.39, 0.29) is 0 Å². The van der Waals surface area contributed by atoms with E-state index < -0.39 is 0 Å². The van der Waals surface area contributed by atoms with Gasteiger partial charge in [0.15, 0.2) is 0 Å². The molecule has 1 N–H and O–H groups in total. The summed E-state index contributed by atoms with van der Waals surface area (Å²) < 4.78 is 0. The Morgan fingerprint density at radius 3 is 2.56 bits per heavy atom. The van der Waals surface area contributed by atoms with E-state index >= 15 is 0 Å². The fourth-order valence-electron chi connectivity index (χ4n) is 1.83. The second-order valence-electron chi connectivity index (χ2n) is 4.72. The zero-order valence-corrected chi connectivity index (χ0v) is 11.1. The summed E-state index contributed by atoms with van der Waals surface area (Å²) in [4.78, 5) is 8.75. The van der Waals surface area contributed by atoms with Crippen LogP contribution in [0.15, 0.2) is 36.5 Å². The molecule has 0 aliphatic carbocycles. The zero-order chi connectivity index (χ0) is 13.0. The summed E-state index contributed by atoms with van der Waals surface area (Å²) in [6.07, 6.45) is 1.92. The second-order valence-corrected chi connectivity index (χ2v) is 4.72. The number of hydrogen-bond donors (Lipinski definition) is 1. The summed E-state index contributed by atoms with van der Waals surface area (Å²) in [5.74, 6) is 2.17. The summed E-state index contributed by atoms with van der Waals surface area (Å²) in [6, 6.07) is 10.3. The molecular formula is C15H19N3. The van der Waals surface area contributed by atoms with Crippen LogP contribution >= 0.6 is 0 Å². The summed E-state index contributed by atoms with van der Waals surface area (Å²) in [5, 5.41) is 3.40. The highest BCUT2D eigenvalue weighted by molar-refractivity contribution is 5.45. The minimum atomic E-state index is 0.420. The second kappa shape index (κ2) is 5.63. The largest absolute Gasteiger partial charge is 0.366 e. The van der Waals surface area contributed by atoms with E-state index in [4.69, 9.17) is 0 Å². The Labute approximate surface area is 108 Å². The molecule has 1 aromatic carbocycles. The van der Waals surface area contributed by atoms with Crippen molar-refractivity contribution < 1.29 is 0 Å². The van der Waals surface area contributed by atoms with Crippen LogP contribution in [0, 0.1) is 6.92 Å². The van der Waals surface area contributed by atoms with Crippen LogP contribution in [0.1, 0.15) is 36.7 Å². The molecule has 0 saturated carbocycles. The van der Waals surface area contributed by atoms with Crippen LogP contribution < -0.4 is 5.32 Å². The predicted molar refractivity (Wildman–Crippen MR) is 74.6 cm³/mol. The quantitative estimate of drug-likeness (QED) is 0.890. The molecule has 18 heavy (non-hydrogen) atoms. The lowest BCUT2D eigenvalue weighted by Crippen LogP contribution is -2.07. The van der Waals surface area contributed by atoms with Gasteiger partial charge in [-0.3, -0.25) is 0 Å². The Morgan fingerprint density at radius 2 is 1.89 bits per heavy atom. The molecule has 0 amide bonds. The van der Waals surface area contributed by atoms with Crippen molar-refractivity contribution in [3.63, 3.8) is 0 Å². The van der Waals surface area contributed by atoms with Gasteiger partial charge in [0.05, 0.1) is 0 Å². The van der Waals surface area contributed by atoms with Gasteiger partial charge in [0, 0.05) is 18.3 Å². The van der Waals surface area contributed by atoms with Crippen LogP contribution in [0.25, 0.3) is 0 Å². The maximum Gasteiger partial charge on any atom is 0.133 e. The number of hydrogen-bond acceptors (Lipinski definition) is 3. The highest BCUT2D eigenvalue weighted by Crippen LogP contribution is 2.21. The smallest absolute Gasteiger partial charge is 0.133 e. The van der Waals surface area contributed by atoms with Crippen molar-refractivity contribution >= 4 is 5.82 Å². The molecule has 0 bridgehead atoms. The normalized spacial score (nSPS) is 10.7. The van der Waals surface area contributed by atoms with Crippen LogP contribution in [0.3, 0.4) is 0 Å². The average Bonchev–Trinajstić information content (AvgIpc) is 2.37. The maximum atomic E-state index is 4.49. The van der Waals surface area contributed by atoms with Gasteiger partial charge in [-0.25, -0.2) is 9.97 Å². The van der Waals surface area contributed by atoms with E-state index in [1.54, 1.807) is 0 Å². The number of nitrogens with one attached hydrogen (secondary N) is 1. The topological polar surface area (TPSA) is 37.8 Å². The van der Waals surface area contributed by atoms with Gasteiger partial charge in [0.2, 0.25) is 0 Å². The molecule has 0 unspecified atom stereocenters. The van der Waals surface area contributed by atoms with Gasteiger partial charge in [-0.05, 0) is 18.4 Å². The van der Waals surface area contributed by atoms with Crippen LogP contribution in [0.4, 0.5) is 5.82 Å². The van der Waals surface area contributed by atoms with E-state index in [0.29, 0.717) is 5.92 Å². The third-order valence-electron chi connectivity index (χ3n) is 2.86. The molecule has 1 aromatic heterocycles. The van der Waals surface area contributed by atoms with Crippen molar-refractivity contribution in [3.8, 4) is 0 Å². The van der Waals surface area contributed by atoms with Crippen LogP contribution in [-0.4, -0.2) is 9.97 Å². The number of aromatic nitrogens is 2. The first-order valence-corrected chi connectivity index (χ1v) is 6.28. The molecule has 0 fully saturated rings. The molecule has 94 valence electrons. The molecule has 3 nitrogen and oxygen atoms in total. The first kappa shape index (κ1) is 12.6. The van der Waals surface area contributed by atoms with Crippen molar-refractivity contribution in [3.05, 3.63) is 53.5 Å². The third kappa shape index (κ3) is 3.06. The third-order valence-corrected chi connectivity index (χ3v) is 2.86. The molecule has 0 radical (unpaired) electrons. The van der Waals surface area contributed by atoms with Crippen molar-refractivity contribution in [2.45, 2.75) is 33.2 Å². The van der Waals surface area contributed by atoms with Gasteiger partial charge in [-0.1, -0.05) is 44.2 Å². The highest BCUT2D eigenvalue weighted by Gasteiger charge is 2.08. The Morgan fingerprint density at radius 1 is 1.17 bits per heavy atom. The molecule has 0 saturated heterocycles. The Hall–Kier alpha value is -1.90. The number of benzene rings is 1. The van der Waals surface area contributed by atoms with E-state index in [1.165, 1.54) is 5.56 Å². The van der Waals surface area contributed by atoms with Gasteiger partial charge >= 0.3 is 0 Å². The lowest BCUT2D eigenvalue weighted by molar-refractivity contribution is 0.836. The number of nitrogens with zero attached hydrogens (tertiary/aromatic N) is 2. The molecule has 2 aromatic rings. The standard InChI is InChI=1S/C15H19N3/c1-11(2)14-10-16-12(3)18-15(14)17-9-13-7-5-4-6-8-13/h4-8,10-11H,9H2,1-3H3,(H,16,17,18). The molecule has 2 rings (SSSR count). The van der Waals surface area contributed by atoms with Crippen molar-refractivity contribution in [2.24, 2.45) is 0 Å². The Kier molecular flexibility index (Phi) is 3.92. The lowest BCUT2D eigenvalue weighted by atomic mass is 10.1. The zero-order valence-electron chi connectivity index (χ0n) is 11.1. The summed E-state index contributed by atoms with van der Waals surface area (Å²) >= 11 is 0. The highest BCUT2D eigenvalue weighted by atomic mass is 15.0. The molecule has 3 heteroatoms. The summed E-state index contributed by atoms with van der Waals surface area (Å²) in [5.41, 5.74) is 2.42. The number of rotatable bonds is 4. The first-order chi connectivity index (χ1) is 8.66. The SMILES string of the molecule is Cc1ncc(C(C)C)c(NCc2ccccc2)n1. The van der Waals surface area contributed by atoms with Crippen LogP contribution in [-0.2, 0) is 6.54 Å². The monoisotopic (exact) mass is 241 g/mol. The Bertz CT molecular complexity index is 506. The summed E-state index contributed by atoms with van der Waals surface area (Å²) in [6.45, 7) is 7.01. The maximum absolute atomic E-state index is 4.49. The van der Waals surface area contributed by atoms with Crippen molar-refractivity contribution in [1.82, 2.24) is 9.97 Å². The predicted octanol–water partition coefficient (Wildman–Crippen LogP) is 3.52. The number of aryl methyl sites for hydroxylation is 1. The van der Waals surface area contributed by atoms with Crippen molar-refractivity contribution in [2.75, 3.05) is 5.32 Å². The lowest BCUT2D eigenvalue weighted by Gasteiger charge is -2.13. The van der Waals surface area contributed by atoms with Gasteiger partial charge in [-0.2, -0.15) is 0 Å².